The summed E-state index contributed by atoms with van der Waals surface area (Å²) in [7, 11) is 0. The van der Waals surface area contributed by atoms with Gasteiger partial charge in [-0.05, 0) is 42.8 Å². The minimum absolute atomic E-state index is 0.240. The third-order valence-electron chi connectivity index (χ3n) is 4.50. The molecule has 8 heteroatoms. The van der Waals surface area contributed by atoms with Crippen LogP contribution in [0.5, 0.6) is 0 Å². The van der Waals surface area contributed by atoms with Crippen LogP contribution in [0.3, 0.4) is 0 Å². The normalized spacial score (nSPS) is 11.2. The number of alkyl halides is 2. The molecule has 0 aliphatic carbocycles. The second-order valence-corrected chi connectivity index (χ2v) is 6.59. The molecule has 0 radical (unpaired) electrons. The van der Waals surface area contributed by atoms with E-state index in [2.05, 4.69) is 25.3 Å². The monoisotopic (exact) mass is 393 g/mol. The van der Waals surface area contributed by atoms with Gasteiger partial charge in [-0.1, -0.05) is 6.07 Å². The third kappa shape index (κ3) is 3.56. The number of hydrogen-bond acceptors (Lipinski definition) is 4. The summed E-state index contributed by atoms with van der Waals surface area (Å²) in [5, 5.41) is 2.65. The van der Waals surface area contributed by atoms with Gasteiger partial charge in [0, 0.05) is 24.9 Å². The van der Waals surface area contributed by atoms with Crippen LogP contribution in [0.1, 0.15) is 24.6 Å². The van der Waals surface area contributed by atoms with Crippen molar-refractivity contribution in [2.24, 2.45) is 0 Å². The number of fused-ring (bicyclic) bond motifs is 1. The molecule has 0 aromatic carbocycles. The lowest BCUT2D eigenvalue weighted by atomic mass is 10.0. The molecule has 0 aliphatic rings. The van der Waals surface area contributed by atoms with E-state index in [9.17, 15) is 13.6 Å². The summed E-state index contributed by atoms with van der Waals surface area (Å²) in [5.41, 5.74) is 4.48. The molecular formula is C21H17F2N5O. The molecule has 4 aromatic heterocycles. The number of hydrogen-bond donors (Lipinski definition) is 2. The summed E-state index contributed by atoms with van der Waals surface area (Å²) in [6, 6.07) is 9.87. The highest BCUT2D eigenvalue weighted by Gasteiger charge is 2.20. The molecule has 6 nitrogen and oxygen atoms in total. The summed E-state index contributed by atoms with van der Waals surface area (Å²) in [5.74, 6) is 0.147. The van der Waals surface area contributed by atoms with Crippen molar-refractivity contribution in [3.8, 4) is 22.5 Å². The molecule has 0 spiro atoms. The van der Waals surface area contributed by atoms with Crippen molar-refractivity contribution in [2.75, 3.05) is 5.32 Å². The Morgan fingerprint density at radius 3 is 2.69 bits per heavy atom. The number of halogens is 2. The van der Waals surface area contributed by atoms with Gasteiger partial charge in [-0.25, -0.2) is 18.7 Å². The van der Waals surface area contributed by atoms with Gasteiger partial charge in [0.05, 0.1) is 28.0 Å². The van der Waals surface area contributed by atoms with Crippen LogP contribution in [0, 0.1) is 6.92 Å². The molecule has 1 amide bonds. The topological polar surface area (TPSA) is 83.6 Å². The van der Waals surface area contributed by atoms with Gasteiger partial charge in [0.2, 0.25) is 5.91 Å². The number of pyridine rings is 3. The van der Waals surface area contributed by atoms with E-state index >= 15 is 0 Å². The molecule has 4 aromatic rings. The zero-order valence-corrected chi connectivity index (χ0v) is 15.7. The second kappa shape index (κ2) is 7.38. The predicted octanol–water partition coefficient (Wildman–Crippen LogP) is 4.89. The Kier molecular flexibility index (Phi) is 4.75. The van der Waals surface area contributed by atoms with Crippen LogP contribution in [-0.4, -0.2) is 25.8 Å². The summed E-state index contributed by atoms with van der Waals surface area (Å²) >= 11 is 0. The van der Waals surface area contributed by atoms with Crippen molar-refractivity contribution in [2.45, 2.75) is 20.3 Å². The van der Waals surface area contributed by atoms with E-state index < -0.39 is 6.43 Å². The first-order valence-corrected chi connectivity index (χ1v) is 8.91. The summed E-state index contributed by atoms with van der Waals surface area (Å²) in [6.45, 7) is 3.34. The average Bonchev–Trinajstić information content (AvgIpc) is 3.09. The molecule has 0 fully saturated rings. The molecule has 0 saturated heterocycles. The van der Waals surface area contributed by atoms with Crippen LogP contribution in [0.15, 0.2) is 48.8 Å². The third-order valence-corrected chi connectivity index (χ3v) is 4.50. The lowest BCUT2D eigenvalue weighted by Gasteiger charge is -2.08. The zero-order chi connectivity index (χ0) is 20.5. The fourth-order valence-corrected chi connectivity index (χ4v) is 3.22. The van der Waals surface area contributed by atoms with Gasteiger partial charge in [0.25, 0.3) is 6.43 Å². The van der Waals surface area contributed by atoms with E-state index in [0.717, 1.165) is 16.6 Å². The fraction of sp³-hybridized carbons (Fsp3) is 0.143. The Hall–Kier alpha value is -3.68. The Morgan fingerprint density at radius 2 is 1.93 bits per heavy atom. The number of aryl methyl sites for hydroxylation is 1. The first-order valence-electron chi connectivity index (χ1n) is 8.91. The number of rotatable bonds is 4. The molecule has 2 N–H and O–H groups in total. The van der Waals surface area contributed by atoms with E-state index in [1.165, 1.54) is 13.0 Å². The van der Waals surface area contributed by atoms with E-state index in [-0.39, 0.29) is 11.6 Å². The molecule has 0 unspecified atom stereocenters. The lowest BCUT2D eigenvalue weighted by molar-refractivity contribution is -0.114. The van der Waals surface area contributed by atoms with Crippen LogP contribution in [0.2, 0.25) is 0 Å². The summed E-state index contributed by atoms with van der Waals surface area (Å²) < 4.78 is 26.5. The van der Waals surface area contributed by atoms with Gasteiger partial charge < -0.3 is 10.3 Å². The van der Waals surface area contributed by atoms with Gasteiger partial charge in [0.1, 0.15) is 11.5 Å². The van der Waals surface area contributed by atoms with E-state index in [4.69, 9.17) is 0 Å². The number of aromatic nitrogens is 4. The number of carbonyl (C=O) groups excluding carboxylic acids is 1. The number of anilines is 1. The number of H-pyrrole nitrogens is 1. The lowest BCUT2D eigenvalue weighted by Crippen LogP contribution is -2.07. The van der Waals surface area contributed by atoms with Gasteiger partial charge in [-0.15, -0.1) is 0 Å². The van der Waals surface area contributed by atoms with Crippen molar-refractivity contribution in [3.63, 3.8) is 0 Å². The highest BCUT2D eigenvalue weighted by molar-refractivity contribution is 6.02. The van der Waals surface area contributed by atoms with Crippen molar-refractivity contribution in [1.82, 2.24) is 19.9 Å². The Bertz CT molecular complexity index is 1220. The Balaban J connectivity index is 1.98. The van der Waals surface area contributed by atoms with Gasteiger partial charge >= 0.3 is 0 Å². The molecule has 4 rings (SSSR count). The Morgan fingerprint density at radius 1 is 1.14 bits per heavy atom. The molecule has 0 atom stereocenters. The number of carbonyl (C=O) groups is 1. The Labute approximate surface area is 165 Å². The maximum atomic E-state index is 13.2. The molecule has 146 valence electrons. The molecule has 4 heterocycles. The first-order chi connectivity index (χ1) is 13.9. The highest BCUT2D eigenvalue weighted by atomic mass is 19.3. The van der Waals surface area contributed by atoms with Crippen molar-refractivity contribution in [3.05, 3.63) is 60.0 Å². The second-order valence-electron chi connectivity index (χ2n) is 6.59. The molecule has 29 heavy (non-hydrogen) atoms. The highest BCUT2D eigenvalue weighted by Crippen LogP contribution is 2.38. The van der Waals surface area contributed by atoms with Crippen molar-refractivity contribution < 1.29 is 13.6 Å². The van der Waals surface area contributed by atoms with Crippen LogP contribution in [-0.2, 0) is 4.79 Å². The standard InChI is InChI=1S/C21H17F2N5O/c1-11-6-8-25-20-17(14-4-3-5-15(27-14)21(22)23)19(28-18(11)20)13-7-9-24-16(10-13)26-12(2)29/h3-10,21,28H,1-2H3,(H,24,26,29). The zero-order valence-electron chi connectivity index (χ0n) is 15.7. The molecular weight excluding hydrogens is 376 g/mol. The number of nitrogens with zero attached hydrogens (tertiary/aromatic N) is 3. The van der Waals surface area contributed by atoms with Crippen LogP contribution in [0.4, 0.5) is 14.6 Å². The largest absolute Gasteiger partial charge is 0.352 e. The minimum atomic E-state index is -2.68. The van der Waals surface area contributed by atoms with Gasteiger partial charge in [-0.2, -0.15) is 0 Å². The van der Waals surface area contributed by atoms with Crippen molar-refractivity contribution in [1.29, 1.82) is 0 Å². The molecule has 0 bridgehead atoms. The SMILES string of the molecule is CC(=O)Nc1cc(-c2[nH]c3c(C)ccnc3c2-c2cccc(C(F)F)n2)ccn1. The van der Waals surface area contributed by atoms with E-state index in [1.54, 1.807) is 36.7 Å². The fourth-order valence-electron chi connectivity index (χ4n) is 3.22. The average molecular weight is 393 g/mol. The molecule has 0 saturated carbocycles. The molecule has 0 aliphatic heterocycles. The number of aromatic amines is 1. The van der Waals surface area contributed by atoms with Crippen LogP contribution in [0.25, 0.3) is 33.5 Å². The first kappa shape index (κ1) is 18.7. The predicted molar refractivity (Wildman–Crippen MR) is 107 cm³/mol. The number of nitrogens with one attached hydrogen (secondary N) is 2. The smallest absolute Gasteiger partial charge is 0.280 e. The maximum absolute atomic E-state index is 13.2. The quantitative estimate of drug-likeness (QED) is 0.517. The van der Waals surface area contributed by atoms with E-state index in [1.807, 2.05) is 13.0 Å². The van der Waals surface area contributed by atoms with E-state index in [0.29, 0.717) is 28.3 Å². The maximum Gasteiger partial charge on any atom is 0.280 e. The van der Waals surface area contributed by atoms with Gasteiger partial charge in [-0.3, -0.25) is 9.78 Å². The van der Waals surface area contributed by atoms with Gasteiger partial charge in [0.15, 0.2) is 0 Å². The van der Waals surface area contributed by atoms with Crippen LogP contribution >= 0.6 is 0 Å². The summed E-state index contributed by atoms with van der Waals surface area (Å²) in [4.78, 5) is 27.5. The summed E-state index contributed by atoms with van der Waals surface area (Å²) in [6.07, 6.45) is 0.565. The number of amides is 1. The van der Waals surface area contributed by atoms with Crippen molar-refractivity contribution >= 4 is 22.8 Å². The van der Waals surface area contributed by atoms with Crippen LogP contribution < -0.4 is 5.32 Å². The minimum Gasteiger partial charge on any atom is -0.352 e.